The average Bonchev–Trinajstić information content (AvgIpc) is 2.86. The topological polar surface area (TPSA) is 86.8 Å². The first kappa shape index (κ1) is 28.7. The molecule has 0 spiro atoms. The van der Waals surface area contributed by atoms with Gasteiger partial charge >= 0.3 is 0 Å². The molecule has 0 fully saturated rings. The highest BCUT2D eigenvalue weighted by Gasteiger charge is 2.32. The fraction of sp³-hybridized carbons (Fsp3) is 0.259. The number of nitrogens with one attached hydrogen (secondary N) is 1. The molecule has 0 aliphatic rings. The Morgan fingerprint density at radius 3 is 2.27 bits per heavy atom. The number of amides is 2. The number of benzene rings is 3. The molecule has 0 bridgehead atoms. The molecule has 3 aromatic rings. The van der Waals surface area contributed by atoms with Gasteiger partial charge in [0.25, 0.3) is 10.0 Å². The van der Waals surface area contributed by atoms with Gasteiger partial charge in [0.1, 0.15) is 12.6 Å². The number of carbonyl (C=O) groups is 2. The maximum absolute atomic E-state index is 13.8. The Labute approximate surface area is 231 Å². The second-order valence-electron chi connectivity index (χ2n) is 8.52. The number of nitrogens with zero attached hydrogens (tertiary/aromatic N) is 2. The molecule has 10 heteroatoms. The lowest BCUT2D eigenvalue weighted by molar-refractivity contribution is -0.139. The van der Waals surface area contributed by atoms with E-state index in [4.69, 9.17) is 11.6 Å². The molecule has 0 radical (unpaired) electrons. The van der Waals surface area contributed by atoms with Crippen LogP contribution in [0.3, 0.4) is 0 Å². The van der Waals surface area contributed by atoms with Crippen molar-refractivity contribution in [3.05, 3.63) is 93.4 Å². The van der Waals surface area contributed by atoms with Gasteiger partial charge in [-0.15, -0.1) is 0 Å². The fourth-order valence-corrected chi connectivity index (χ4v) is 5.54. The van der Waals surface area contributed by atoms with Gasteiger partial charge in [0, 0.05) is 22.6 Å². The highest BCUT2D eigenvalue weighted by Crippen LogP contribution is 2.27. The molecule has 196 valence electrons. The Morgan fingerprint density at radius 1 is 1.03 bits per heavy atom. The van der Waals surface area contributed by atoms with Gasteiger partial charge in [-0.25, -0.2) is 8.42 Å². The predicted octanol–water partition coefficient (Wildman–Crippen LogP) is 5.16. The van der Waals surface area contributed by atoms with E-state index in [1.54, 1.807) is 44.2 Å². The van der Waals surface area contributed by atoms with Crippen LogP contribution in [0.2, 0.25) is 5.02 Å². The van der Waals surface area contributed by atoms with Gasteiger partial charge in [-0.1, -0.05) is 63.4 Å². The largest absolute Gasteiger partial charge is 0.355 e. The Hall–Kier alpha value is -2.88. The van der Waals surface area contributed by atoms with Crippen molar-refractivity contribution in [3.8, 4) is 0 Å². The van der Waals surface area contributed by atoms with Crippen LogP contribution >= 0.6 is 27.5 Å². The van der Waals surface area contributed by atoms with Crippen molar-refractivity contribution >= 4 is 55.1 Å². The molecule has 2 amide bonds. The minimum Gasteiger partial charge on any atom is -0.355 e. The number of halogens is 2. The maximum atomic E-state index is 13.8. The summed E-state index contributed by atoms with van der Waals surface area (Å²) >= 11 is 9.58. The van der Waals surface area contributed by atoms with E-state index in [2.05, 4.69) is 21.2 Å². The van der Waals surface area contributed by atoms with Crippen LogP contribution in [-0.4, -0.2) is 44.3 Å². The first-order valence-electron chi connectivity index (χ1n) is 11.7. The predicted molar refractivity (Wildman–Crippen MR) is 150 cm³/mol. The highest BCUT2D eigenvalue weighted by molar-refractivity contribution is 9.10. The van der Waals surface area contributed by atoms with Crippen LogP contribution in [0.4, 0.5) is 5.69 Å². The summed E-state index contributed by atoms with van der Waals surface area (Å²) in [6, 6.07) is 19.3. The number of sulfonamides is 1. The van der Waals surface area contributed by atoms with E-state index in [0.717, 1.165) is 19.9 Å². The van der Waals surface area contributed by atoms with Crippen molar-refractivity contribution in [1.82, 2.24) is 10.2 Å². The number of hydrogen-bond donors (Lipinski definition) is 1. The van der Waals surface area contributed by atoms with Gasteiger partial charge in [-0.05, 0) is 68.8 Å². The first-order chi connectivity index (χ1) is 17.5. The van der Waals surface area contributed by atoms with Crippen LogP contribution in [0.5, 0.6) is 0 Å². The molecular formula is C27H29BrClN3O4S. The maximum Gasteiger partial charge on any atom is 0.264 e. The van der Waals surface area contributed by atoms with Crippen molar-refractivity contribution in [3.63, 3.8) is 0 Å². The van der Waals surface area contributed by atoms with Gasteiger partial charge in [0.15, 0.2) is 0 Å². The quantitative estimate of drug-likeness (QED) is 0.346. The van der Waals surface area contributed by atoms with E-state index in [1.807, 2.05) is 31.2 Å². The second kappa shape index (κ2) is 12.6. The molecular weight excluding hydrogens is 578 g/mol. The average molecular weight is 607 g/mol. The van der Waals surface area contributed by atoms with Crippen molar-refractivity contribution < 1.29 is 18.0 Å². The lowest BCUT2D eigenvalue weighted by Gasteiger charge is -2.32. The molecule has 1 unspecified atom stereocenters. The van der Waals surface area contributed by atoms with Gasteiger partial charge in [-0.3, -0.25) is 13.9 Å². The smallest absolute Gasteiger partial charge is 0.264 e. The summed E-state index contributed by atoms with van der Waals surface area (Å²) < 4.78 is 29.4. The summed E-state index contributed by atoms with van der Waals surface area (Å²) in [6.45, 7) is 5.28. The molecule has 0 aliphatic carbocycles. The van der Waals surface area contributed by atoms with E-state index < -0.39 is 28.5 Å². The summed E-state index contributed by atoms with van der Waals surface area (Å²) in [5, 5.41) is 3.07. The summed E-state index contributed by atoms with van der Waals surface area (Å²) in [5.41, 5.74) is 1.94. The van der Waals surface area contributed by atoms with Crippen molar-refractivity contribution in [2.75, 3.05) is 17.4 Å². The Kier molecular flexibility index (Phi) is 9.75. The van der Waals surface area contributed by atoms with E-state index in [0.29, 0.717) is 11.6 Å². The third-order valence-corrected chi connectivity index (χ3v) is 8.32. The third kappa shape index (κ3) is 7.34. The normalized spacial score (nSPS) is 12.0. The Morgan fingerprint density at radius 2 is 1.68 bits per heavy atom. The van der Waals surface area contributed by atoms with Gasteiger partial charge in [-0.2, -0.15) is 0 Å². The molecule has 7 nitrogen and oxygen atoms in total. The number of likely N-dealkylation sites (N-methyl/N-ethyl adjacent to an activating group) is 1. The molecule has 0 aliphatic heterocycles. The molecule has 0 saturated heterocycles. The van der Waals surface area contributed by atoms with E-state index in [9.17, 15) is 18.0 Å². The zero-order valence-corrected chi connectivity index (χ0v) is 24.0. The molecule has 3 aromatic carbocycles. The third-order valence-electron chi connectivity index (χ3n) is 5.77. The number of carbonyl (C=O) groups excluding carboxylic acids is 2. The van der Waals surface area contributed by atoms with E-state index >= 15 is 0 Å². The zero-order valence-electron chi connectivity index (χ0n) is 20.8. The van der Waals surface area contributed by atoms with Crippen molar-refractivity contribution in [2.24, 2.45) is 0 Å². The lowest BCUT2D eigenvalue weighted by atomic mass is 10.1. The van der Waals surface area contributed by atoms with Crippen LogP contribution in [0.25, 0.3) is 0 Å². The van der Waals surface area contributed by atoms with Crippen LogP contribution in [0, 0.1) is 6.92 Å². The van der Waals surface area contributed by atoms with Crippen molar-refractivity contribution in [1.29, 1.82) is 0 Å². The summed E-state index contributed by atoms with van der Waals surface area (Å²) in [5.74, 6) is -0.860. The van der Waals surface area contributed by atoms with Gasteiger partial charge in [0.2, 0.25) is 11.8 Å². The molecule has 0 aromatic heterocycles. The van der Waals surface area contributed by atoms with Crippen LogP contribution in [0.1, 0.15) is 25.0 Å². The molecule has 1 atom stereocenters. The molecule has 3 rings (SSSR count). The monoisotopic (exact) mass is 605 g/mol. The fourth-order valence-electron chi connectivity index (χ4n) is 3.69. The van der Waals surface area contributed by atoms with Crippen molar-refractivity contribution in [2.45, 2.75) is 38.3 Å². The first-order valence-corrected chi connectivity index (χ1v) is 14.3. The Bertz CT molecular complexity index is 1350. The van der Waals surface area contributed by atoms with Crippen LogP contribution in [-0.2, 0) is 26.2 Å². The molecule has 0 heterocycles. The minimum atomic E-state index is -4.13. The van der Waals surface area contributed by atoms with E-state index in [-0.39, 0.29) is 23.0 Å². The Balaban J connectivity index is 2.02. The number of hydrogen-bond acceptors (Lipinski definition) is 4. The van der Waals surface area contributed by atoms with E-state index in [1.165, 1.54) is 23.1 Å². The van der Waals surface area contributed by atoms with Crippen LogP contribution < -0.4 is 9.62 Å². The highest BCUT2D eigenvalue weighted by atomic mass is 79.9. The molecule has 0 saturated carbocycles. The van der Waals surface area contributed by atoms with Gasteiger partial charge < -0.3 is 10.2 Å². The SMILES string of the molecule is CCNC(=O)C(C)N(Cc1ccc(Br)cc1)C(=O)CN(c1cccc(Cl)c1)S(=O)(=O)c1ccc(C)cc1. The van der Waals surface area contributed by atoms with Gasteiger partial charge in [0.05, 0.1) is 10.6 Å². The second-order valence-corrected chi connectivity index (χ2v) is 11.7. The number of aryl methyl sites for hydroxylation is 1. The lowest BCUT2D eigenvalue weighted by Crippen LogP contribution is -2.51. The number of rotatable bonds is 10. The zero-order chi connectivity index (χ0) is 27.2. The standard InChI is InChI=1S/C27H29BrClN3O4S/c1-4-30-27(34)20(3)31(17-21-10-12-22(28)13-11-21)26(33)18-32(24-7-5-6-23(29)16-24)37(35,36)25-14-8-19(2)9-15-25/h5-16,20H,4,17-18H2,1-3H3,(H,30,34). The minimum absolute atomic E-state index is 0.0436. The summed E-state index contributed by atoms with van der Waals surface area (Å²) in [6.07, 6.45) is 0. The molecule has 1 N–H and O–H groups in total. The molecule has 37 heavy (non-hydrogen) atoms. The number of anilines is 1. The summed E-state index contributed by atoms with van der Waals surface area (Å²) in [4.78, 5) is 27.9. The summed E-state index contributed by atoms with van der Waals surface area (Å²) in [7, 11) is -4.13. The van der Waals surface area contributed by atoms with Crippen LogP contribution in [0.15, 0.2) is 82.2 Å².